The third-order valence-corrected chi connectivity index (χ3v) is 4.97. The summed E-state index contributed by atoms with van der Waals surface area (Å²) in [6, 6.07) is 11.1. The molecule has 0 saturated heterocycles. The van der Waals surface area contributed by atoms with E-state index in [0.717, 1.165) is 10.4 Å². The lowest BCUT2D eigenvalue weighted by molar-refractivity contribution is -0.151. The average Bonchev–Trinajstić information content (AvgIpc) is 3.03. The first-order valence-corrected chi connectivity index (χ1v) is 9.09. The van der Waals surface area contributed by atoms with Gasteiger partial charge in [0, 0.05) is 4.88 Å². The molecule has 0 aliphatic rings. The minimum atomic E-state index is -0.660. The molecule has 0 spiro atoms. The largest absolute Gasteiger partial charge is 0.461 e. The number of rotatable bonds is 5. The molecule has 25 heavy (non-hydrogen) atoms. The molecule has 0 amide bonds. The van der Waals surface area contributed by atoms with Crippen LogP contribution in [0.5, 0.6) is 0 Å². The zero-order valence-electron chi connectivity index (χ0n) is 14.4. The summed E-state index contributed by atoms with van der Waals surface area (Å²) in [6.45, 7) is 5.44. The number of fused-ring (bicyclic) bond motifs is 1. The molecule has 2 aromatic heterocycles. The number of carbonyl (C=O) groups excluding carboxylic acids is 1. The number of thiophene rings is 1. The van der Waals surface area contributed by atoms with E-state index in [9.17, 15) is 9.59 Å². The van der Waals surface area contributed by atoms with Gasteiger partial charge >= 0.3 is 5.97 Å². The Balaban J connectivity index is 2.05. The maximum atomic E-state index is 12.9. The van der Waals surface area contributed by atoms with Gasteiger partial charge in [-0.05, 0) is 31.9 Å². The molecule has 0 bridgehead atoms. The van der Waals surface area contributed by atoms with Crippen LogP contribution in [0, 0.1) is 0 Å². The van der Waals surface area contributed by atoms with Crippen LogP contribution < -0.4 is 5.56 Å². The maximum absolute atomic E-state index is 12.9. The molecule has 0 aliphatic carbocycles. The quantitative estimate of drug-likeness (QED) is 0.648. The van der Waals surface area contributed by atoms with Gasteiger partial charge in [0.05, 0.1) is 17.8 Å². The fraction of sp³-hybridized carbons (Fsp3) is 0.316. The van der Waals surface area contributed by atoms with Crippen LogP contribution in [-0.2, 0) is 9.53 Å². The number of nitrogens with zero attached hydrogens (tertiary/aromatic N) is 2. The Labute approximate surface area is 149 Å². The SMILES string of the molecule is CC[C@@H](C(=O)OC(C)C)n1cnc2sc(-c3ccccc3)cc2c1=O. The lowest BCUT2D eigenvalue weighted by atomic mass is 10.2. The molecule has 0 fully saturated rings. The van der Waals surface area contributed by atoms with Gasteiger partial charge < -0.3 is 4.74 Å². The van der Waals surface area contributed by atoms with Crippen LogP contribution >= 0.6 is 11.3 Å². The Morgan fingerprint density at radius 1 is 1.28 bits per heavy atom. The van der Waals surface area contributed by atoms with Crippen molar-refractivity contribution in [2.45, 2.75) is 39.3 Å². The Morgan fingerprint density at radius 2 is 2.00 bits per heavy atom. The topological polar surface area (TPSA) is 61.2 Å². The maximum Gasteiger partial charge on any atom is 0.329 e. The summed E-state index contributed by atoms with van der Waals surface area (Å²) in [5.74, 6) is -0.403. The zero-order chi connectivity index (χ0) is 18.0. The molecule has 1 aromatic carbocycles. The van der Waals surface area contributed by atoms with Crippen LogP contribution in [0.1, 0.15) is 33.2 Å². The molecule has 6 heteroatoms. The molecule has 130 valence electrons. The van der Waals surface area contributed by atoms with Crippen LogP contribution in [0.2, 0.25) is 0 Å². The lowest BCUT2D eigenvalue weighted by Gasteiger charge is -2.18. The van der Waals surface area contributed by atoms with Crippen LogP contribution in [0.4, 0.5) is 0 Å². The Hall–Kier alpha value is -2.47. The minimum absolute atomic E-state index is 0.212. The van der Waals surface area contributed by atoms with Crippen molar-refractivity contribution in [1.29, 1.82) is 0 Å². The van der Waals surface area contributed by atoms with Gasteiger partial charge in [0.2, 0.25) is 0 Å². The third kappa shape index (κ3) is 3.49. The van der Waals surface area contributed by atoms with Crippen LogP contribution in [0.15, 0.2) is 47.5 Å². The van der Waals surface area contributed by atoms with Gasteiger partial charge in [0.25, 0.3) is 5.56 Å². The van der Waals surface area contributed by atoms with E-state index >= 15 is 0 Å². The van der Waals surface area contributed by atoms with Crippen molar-refractivity contribution in [3.63, 3.8) is 0 Å². The van der Waals surface area contributed by atoms with Crippen LogP contribution in [0.25, 0.3) is 20.7 Å². The highest BCUT2D eigenvalue weighted by molar-refractivity contribution is 7.21. The van der Waals surface area contributed by atoms with Gasteiger partial charge in [0.1, 0.15) is 10.9 Å². The van der Waals surface area contributed by atoms with Crippen molar-refractivity contribution in [2.75, 3.05) is 0 Å². The third-order valence-electron chi connectivity index (χ3n) is 3.88. The van der Waals surface area contributed by atoms with Crippen LogP contribution in [-0.4, -0.2) is 21.6 Å². The molecule has 0 N–H and O–H groups in total. The standard InChI is InChI=1S/C19H20N2O3S/c1-4-15(19(23)24-12(2)3)21-11-20-17-14(18(21)22)10-16(25-17)13-8-6-5-7-9-13/h5-12,15H,4H2,1-3H3/t15-/m0/s1. The van der Waals surface area contributed by atoms with E-state index in [0.29, 0.717) is 16.6 Å². The van der Waals surface area contributed by atoms with Gasteiger partial charge in [-0.1, -0.05) is 37.3 Å². The second-order valence-corrected chi connectivity index (χ2v) is 7.09. The summed E-state index contributed by atoms with van der Waals surface area (Å²) >= 11 is 1.47. The van der Waals surface area contributed by atoms with Gasteiger partial charge in [-0.25, -0.2) is 9.78 Å². The smallest absolute Gasteiger partial charge is 0.329 e. The number of hydrogen-bond acceptors (Lipinski definition) is 5. The van der Waals surface area contributed by atoms with E-state index < -0.39 is 12.0 Å². The fourth-order valence-corrected chi connectivity index (χ4v) is 3.69. The summed E-state index contributed by atoms with van der Waals surface area (Å²) in [5.41, 5.74) is 0.832. The first-order chi connectivity index (χ1) is 12.0. The molecular weight excluding hydrogens is 336 g/mol. The summed E-state index contributed by atoms with van der Waals surface area (Å²) in [6.07, 6.45) is 1.69. The first-order valence-electron chi connectivity index (χ1n) is 8.27. The number of hydrogen-bond donors (Lipinski definition) is 0. The second kappa shape index (κ2) is 7.19. The van der Waals surface area contributed by atoms with E-state index in [4.69, 9.17) is 4.74 Å². The molecule has 0 radical (unpaired) electrons. The number of carbonyl (C=O) groups is 1. The highest BCUT2D eigenvalue weighted by atomic mass is 32.1. The van der Waals surface area contributed by atoms with Crippen molar-refractivity contribution in [1.82, 2.24) is 9.55 Å². The predicted octanol–water partition coefficient (Wildman–Crippen LogP) is 4.03. The molecule has 3 rings (SSSR count). The number of ether oxygens (including phenoxy) is 1. The van der Waals surface area contributed by atoms with E-state index in [1.807, 2.05) is 43.3 Å². The highest BCUT2D eigenvalue weighted by Gasteiger charge is 2.23. The summed E-state index contributed by atoms with van der Waals surface area (Å²) < 4.78 is 6.66. The number of esters is 1. The minimum Gasteiger partial charge on any atom is -0.461 e. The fourth-order valence-electron chi connectivity index (χ4n) is 2.69. The summed E-state index contributed by atoms with van der Waals surface area (Å²) in [4.78, 5) is 31.2. The van der Waals surface area contributed by atoms with Crippen molar-refractivity contribution in [2.24, 2.45) is 0 Å². The van der Waals surface area contributed by atoms with E-state index in [-0.39, 0.29) is 11.7 Å². The van der Waals surface area contributed by atoms with Crippen LogP contribution in [0.3, 0.4) is 0 Å². The zero-order valence-corrected chi connectivity index (χ0v) is 15.2. The molecule has 0 unspecified atom stereocenters. The Morgan fingerprint density at radius 3 is 2.64 bits per heavy atom. The number of benzene rings is 1. The molecular formula is C19H20N2O3S. The van der Waals surface area contributed by atoms with Crippen molar-refractivity contribution in [3.05, 3.63) is 53.1 Å². The monoisotopic (exact) mass is 356 g/mol. The average molecular weight is 356 g/mol. The van der Waals surface area contributed by atoms with Gasteiger partial charge in [-0.3, -0.25) is 9.36 Å². The Bertz CT molecular complexity index is 944. The van der Waals surface area contributed by atoms with Crippen molar-refractivity contribution in [3.8, 4) is 10.4 Å². The van der Waals surface area contributed by atoms with E-state index in [1.165, 1.54) is 22.2 Å². The van der Waals surface area contributed by atoms with Gasteiger partial charge in [-0.15, -0.1) is 11.3 Å². The highest BCUT2D eigenvalue weighted by Crippen LogP contribution is 2.30. The Kier molecular flexibility index (Phi) is 4.99. The molecule has 0 saturated carbocycles. The molecule has 5 nitrogen and oxygen atoms in total. The van der Waals surface area contributed by atoms with Gasteiger partial charge in [0.15, 0.2) is 0 Å². The number of aromatic nitrogens is 2. The van der Waals surface area contributed by atoms with E-state index in [2.05, 4.69) is 4.98 Å². The molecule has 2 heterocycles. The summed E-state index contributed by atoms with van der Waals surface area (Å²) in [5, 5.41) is 0.530. The molecule has 1 atom stereocenters. The van der Waals surface area contributed by atoms with Crippen molar-refractivity contribution >= 4 is 27.5 Å². The van der Waals surface area contributed by atoms with Gasteiger partial charge in [-0.2, -0.15) is 0 Å². The molecule has 3 aromatic rings. The summed E-state index contributed by atoms with van der Waals surface area (Å²) in [7, 11) is 0. The predicted molar refractivity (Wildman–Crippen MR) is 99.9 cm³/mol. The van der Waals surface area contributed by atoms with E-state index in [1.54, 1.807) is 13.8 Å². The normalized spacial score (nSPS) is 12.5. The second-order valence-electron chi connectivity index (χ2n) is 6.06. The lowest BCUT2D eigenvalue weighted by Crippen LogP contribution is -2.31. The first kappa shape index (κ1) is 17.4. The van der Waals surface area contributed by atoms with Crippen molar-refractivity contribution < 1.29 is 9.53 Å². The molecule has 0 aliphatic heterocycles.